The predicted molar refractivity (Wildman–Crippen MR) is 56.7 cm³/mol. The number of carbonyl (C=O) groups excluding carboxylic acids is 1. The van der Waals surface area contributed by atoms with Crippen molar-refractivity contribution < 1.29 is 14.3 Å². The van der Waals surface area contributed by atoms with Crippen LogP contribution >= 0.6 is 0 Å². The molecule has 0 aliphatic carbocycles. The molecule has 0 saturated carbocycles. The van der Waals surface area contributed by atoms with Crippen molar-refractivity contribution in [3.8, 4) is 0 Å². The summed E-state index contributed by atoms with van der Waals surface area (Å²) >= 11 is 0. The summed E-state index contributed by atoms with van der Waals surface area (Å²) in [5.41, 5.74) is 0. The maximum Gasteiger partial charge on any atom is 0.246 e. The molecule has 5 heteroatoms. The van der Waals surface area contributed by atoms with Gasteiger partial charge in [0, 0.05) is 19.1 Å². The minimum absolute atomic E-state index is 0.0731. The Kier molecular flexibility index (Phi) is 5.60. The number of rotatable bonds is 5. The third-order valence-corrected chi connectivity index (χ3v) is 2.09. The van der Waals surface area contributed by atoms with Crippen LogP contribution in [0.5, 0.6) is 0 Å². The van der Waals surface area contributed by atoms with E-state index in [4.69, 9.17) is 9.47 Å². The van der Waals surface area contributed by atoms with E-state index in [-0.39, 0.29) is 24.7 Å². The van der Waals surface area contributed by atoms with Crippen LogP contribution in [0.3, 0.4) is 0 Å². The molecule has 1 unspecified atom stereocenters. The highest BCUT2D eigenvalue weighted by atomic mass is 16.5. The summed E-state index contributed by atoms with van der Waals surface area (Å²) in [5.74, 6) is -0.0731. The van der Waals surface area contributed by atoms with Gasteiger partial charge in [-0.2, -0.15) is 0 Å². The van der Waals surface area contributed by atoms with Crippen LogP contribution in [0.25, 0.3) is 0 Å². The Morgan fingerprint density at radius 1 is 1.67 bits per heavy atom. The van der Waals surface area contributed by atoms with Crippen molar-refractivity contribution in [1.82, 2.24) is 10.6 Å². The third-order valence-electron chi connectivity index (χ3n) is 2.09. The lowest BCUT2D eigenvalue weighted by atomic mass is 10.3. The molecule has 1 heterocycles. The van der Waals surface area contributed by atoms with Crippen molar-refractivity contribution in [3.05, 3.63) is 0 Å². The molecule has 1 aliphatic heterocycles. The molecule has 0 bridgehead atoms. The summed E-state index contributed by atoms with van der Waals surface area (Å²) in [4.78, 5) is 11.3. The monoisotopic (exact) mass is 216 g/mol. The van der Waals surface area contributed by atoms with E-state index in [1.807, 2.05) is 13.8 Å². The van der Waals surface area contributed by atoms with Crippen LogP contribution < -0.4 is 10.6 Å². The molecule has 0 aromatic carbocycles. The SMILES string of the molecule is CC(C)OCC(=O)NCC1COCCN1. The molecule has 5 nitrogen and oxygen atoms in total. The van der Waals surface area contributed by atoms with E-state index in [2.05, 4.69) is 10.6 Å². The molecular weight excluding hydrogens is 196 g/mol. The van der Waals surface area contributed by atoms with Gasteiger partial charge < -0.3 is 20.1 Å². The van der Waals surface area contributed by atoms with E-state index in [9.17, 15) is 4.79 Å². The van der Waals surface area contributed by atoms with Crippen LogP contribution in [-0.2, 0) is 14.3 Å². The average Bonchev–Trinajstić information content (AvgIpc) is 2.25. The van der Waals surface area contributed by atoms with Crippen molar-refractivity contribution in [1.29, 1.82) is 0 Å². The van der Waals surface area contributed by atoms with Crippen molar-refractivity contribution in [2.24, 2.45) is 0 Å². The first-order valence-corrected chi connectivity index (χ1v) is 5.38. The first-order valence-electron chi connectivity index (χ1n) is 5.38. The summed E-state index contributed by atoms with van der Waals surface area (Å²) in [6.45, 7) is 6.80. The van der Waals surface area contributed by atoms with Gasteiger partial charge in [-0.15, -0.1) is 0 Å². The summed E-state index contributed by atoms with van der Waals surface area (Å²) in [6.07, 6.45) is 0.0897. The number of hydrogen-bond donors (Lipinski definition) is 2. The quantitative estimate of drug-likeness (QED) is 0.651. The number of ether oxygens (including phenoxy) is 2. The Bertz CT molecular complexity index is 191. The number of morpholine rings is 1. The zero-order chi connectivity index (χ0) is 11.1. The van der Waals surface area contributed by atoms with Crippen LogP contribution in [0.1, 0.15) is 13.8 Å². The highest BCUT2D eigenvalue weighted by Gasteiger charge is 2.13. The zero-order valence-corrected chi connectivity index (χ0v) is 9.41. The largest absolute Gasteiger partial charge is 0.378 e. The average molecular weight is 216 g/mol. The summed E-state index contributed by atoms with van der Waals surface area (Å²) in [7, 11) is 0. The highest BCUT2D eigenvalue weighted by Crippen LogP contribution is 1.91. The van der Waals surface area contributed by atoms with E-state index in [1.165, 1.54) is 0 Å². The van der Waals surface area contributed by atoms with Gasteiger partial charge in [-0.05, 0) is 13.8 Å². The van der Waals surface area contributed by atoms with Gasteiger partial charge in [0.15, 0.2) is 0 Å². The van der Waals surface area contributed by atoms with E-state index in [0.717, 1.165) is 13.2 Å². The third kappa shape index (κ3) is 5.71. The number of hydrogen-bond acceptors (Lipinski definition) is 4. The molecule has 1 aliphatic rings. The zero-order valence-electron chi connectivity index (χ0n) is 9.41. The molecule has 0 aromatic rings. The van der Waals surface area contributed by atoms with E-state index in [0.29, 0.717) is 13.2 Å². The first kappa shape index (κ1) is 12.4. The van der Waals surface area contributed by atoms with Crippen molar-refractivity contribution in [2.45, 2.75) is 26.0 Å². The first-order chi connectivity index (χ1) is 7.18. The van der Waals surface area contributed by atoms with Gasteiger partial charge in [0.1, 0.15) is 6.61 Å². The number of amides is 1. The summed E-state index contributed by atoms with van der Waals surface area (Å²) in [6, 6.07) is 0.224. The van der Waals surface area contributed by atoms with Crippen LogP contribution in [0.15, 0.2) is 0 Å². The Balaban J connectivity index is 2.05. The molecule has 1 atom stereocenters. The van der Waals surface area contributed by atoms with Gasteiger partial charge in [-0.25, -0.2) is 0 Å². The Morgan fingerprint density at radius 2 is 2.47 bits per heavy atom. The summed E-state index contributed by atoms with van der Waals surface area (Å²) in [5, 5.41) is 6.06. The molecule has 88 valence electrons. The summed E-state index contributed by atoms with van der Waals surface area (Å²) < 4.78 is 10.4. The second-order valence-electron chi connectivity index (χ2n) is 3.89. The normalized spacial score (nSPS) is 21.7. The fourth-order valence-corrected chi connectivity index (χ4v) is 1.28. The molecule has 2 N–H and O–H groups in total. The lowest BCUT2D eigenvalue weighted by Gasteiger charge is -2.23. The van der Waals surface area contributed by atoms with Gasteiger partial charge in [-0.1, -0.05) is 0 Å². The van der Waals surface area contributed by atoms with Crippen LogP contribution in [0.4, 0.5) is 0 Å². The Morgan fingerprint density at radius 3 is 3.07 bits per heavy atom. The van der Waals surface area contributed by atoms with Crippen LogP contribution in [0, 0.1) is 0 Å². The van der Waals surface area contributed by atoms with Gasteiger partial charge in [-0.3, -0.25) is 4.79 Å². The minimum atomic E-state index is -0.0731. The van der Waals surface area contributed by atoms with Gasteiger partial charge >= 0.3 is 0 Å². The Hall–Kier alpha value is -0.650. The van der Waals surface area contributed by atoms with Crippen molar-refractivity contribution in [3.63, 3.8) is 0 Å². The van der Waals surface area contributed by atoms with Gasteiger partial charge in [0.05, 0.1) is 19.3 Å². The Labute approximate surface area is 90.5 Å². The fraction of sp³-hybridized carbons (Fsp3) is 0.900. The molecule has 0 spiro atoms. The van der Waals surface area contributed by atoms with Crippen LogP contribution in [0.2, 0.25) is 0 Å². The number of nitrogens with one attached hydrogen (secondary N) is 2. The van der Waals surface area contributed by atoms with Gasteiger partial charge in [0.25, 0.3) is 0 Å². The molecule has 1 fully saturated rings. The lowest BCUT2D eigenvalue weighted by molar-refractivity contribution is -0.127. The van der Waals surface area contributed by atoms with E-state index >= 15 is 0 Å². The van der Waals surface area contributed by atoms with Crippen LogP contribution in [-0.4, -0.2) is 51.0 Å². The standard InChI is InChI=1S/C10H20N2O3/c1-8(2)15-7-10(13)12-5-9-6-14-4-3-11-9/h8-9,11H,3-7H2,1-2H3,(H,12,13). The molecule has 15 heavy (non-hydrogen) atoms. The predicted octanol–water partition coefficient (Wildman–Crippen LogP) is -0.484. The molecular formula is C10H20N2O3. The topological polar surface area (TPSA) is 59.6 Å². The molecule has 0 aromatic heterocycles. The van der Waals surface area contributed by atoms with Crippen molar-refractivity contribution in [2.75, 3.05) is 32.9 Å². The fourth-order valence-electron chi connectivity index (χ4n) is 1.28. The molecule has 1 rings (SSSR count). The van der Waals surface area contributed by atoms with Gasteiger partial charge in [0.2, 0.25) is 5.91 Å². The number of carbonyl (C=O) groups is 1. The highest BCUT2D eigenvalue weighted by molar-refractivity contribution is 5.77. The van der Waals surface area contributed by atoms with E-state index < -0.39 is 0 Å². The second kappa shape index (κ2) is 6.76. The van der Waals surface area contributed by atoms with Crippen molar-refractivity contribution >= 4 is 5.91 Å². The van der Waals surface area contributed by atoms with E-state index in [1.54, 1.807) is 0 Å². The molecule has 1 saturated heterocycles. The maximum atomic E-state index is 11.3. The molecule has 0 radical (unpaired) electrons. The minimum Gasteiger partial charge on any atom is -0.378 e. The maximum absolute atomic E-state index is 11.3. The molecule has 1 amide bonds. The second-order valence-corrected chi connectivity index (χ2v) is 3.89. The smallest absolute Gasteiger partial charge is 0.246 e. The lowest BCUT2D eigenvalue weighted by Crippen LogP contribution is -2.48.